The van der Waals surface area contributed by atoms with Crippen LogP contribution in [0.25, 0.3) is 0 Å². The molecule has 0 aromatic carbocycles. The maximum absolute atomic E-state index is 13.0. The van der Waals surface area contributed by atoms with E-state index in [1.165, 1.54) is 0 Å². The van der Waals surface area contributed by atoms with Crippen LogP contribution < -0.4 is 0 Å². The van der Waals surface area contributed by atoms with Crippen molar-refractivity contribution < 1.29 is 24.2 Å². The van der Waals surface area contributed by atoms with Gasteiger partial charge in [0.2, 0.25) is 0 Å². The Hall–Kier alpha value is -1.74. The maximum Gasteiger partial charge on any atom is 0.306 e. The number of esters is 1. The number of carbonyl (C=O) groups excluding carboxylic acids is 3. The van der Waals surface area contributed by atoms with E-state index in [2.05, 4.69) is 19.9 Å². The van der Waals surface area contributed by atoms with Gasteiger partial charge >= 0.3 is 5.97 Å². The lowest BCUT2D eigenvalue weighted by atomic mass is 9.29. The smallest absolute Gasteiger partial charge is 0.306 e. The second kappa shape index (κ2) is 5.35. The van der Waals surface area contributed by atoms with Crippen LogP contribution in [0.1, 0.15) is 65.2 Å². The molecule has 1 aliphatic heterocycles. The van der Waals surface area contributed by atoms with Crippen molar-refractivity contribution in [2.75, 3.05) is 0 Å². The van der Waals surface area contributed by atoms with Gasteiger partial charge in [-0.15, -0.1) is 0 Å². The number of aliphatic hydroxyl groups is 1. The molecule has 0 aromatic rings. The molecule has 1 heterocycles. The fourth-order valence-electron chi connectivity index (χ4n) is 9.78. The van der Waals surface area contributed by atoms with Crippen molar-refractivity contribution in [2.24, 2.45) is 45.8 Å². The van der Waals surface area contributed by atoms with Crippen molar-refractivity contribution in [1.29, 1.82) is 5.26 Å². The third-order valence-electron chi connectivity index (χ3n) is 11.0. The normalized spacial score (nSPS) is 58.4. The Balaban J connectivity index is 1.46. The third-order valence-corrected chi connectivity index (χ3v) is 11.0. The van der Waals surface area contributed by atoms with Crippen molar-refractivity contribution in [1.82, 2.24) is 0 Å². The van der Waals surface area contributed by atoms with Crippen LogP contribution in [0.2, 0.25) is 0 Å². The summed E-state index contributed by atoms with van der Waals surface area (Å²) in [5.41, 5.74) is -2.30. The standard InChI is InChI=1S/C24H29NO5/c1-21-6-4-15(26)19-20(29)14(24(19,21)11-25)9-12-13-3-7-23(8-5-17(28)30-23)22(13,2)10-16(27)18(12)21/h12-14,16,18-19,27H,3-10H2,1-2H3/t12-,13-,14-,16+,18+,19+,21-,22+,23+,24+/m0/s1. The summed E-state index contributed by atoms with van der Waals surface area (Å²) in [5, 5.41) is 21.8. The fourth-order valence-corrected chi connectivity index (χ4v) is 9.78. The van der Waals surface area contributed by atoms with Crippen LogP contribution in [0.4, 0.5) is 0 Å². The highest BCUT2D eigenvalue weighted by Crippen LogP contribution is 2.77. The van der Waals surface area contributed by atoms with E-state index in [9.17, 15) is 24.8 Å². The second-order valence-electron chi connectivity index (χ2n) is 11.5. The molecule has 1 spiro atoms. The molecule has 0 amide bonds. The van der Waals surface area contributed by atoms with Crippen molar-refractivity contribution in [3.8, 4) is 6.07 Å². The van der Waals surface area contributed by atoms with E-state index in [0.29, 0.717) is 38.5 Å². The zero-order chi connectivity index (χ0) is 21.3. The first-order valence-corrected chi connectivity index (χ1v) is 11.5. The van der Waals surface area contributed by atoms with Crippen LogP contribution in [-0.4, -0.2) is 34.3 Å². The van der Waals surface area contributed by atoms with E-state index in [1.807, 2.05) is 0 Å². The summed E-state index contributed by atoms with van der Waals surface area (Å²) in [4.78, 5) is 37.7. The van der Waals surface area contributed by atoms with Gasteiger partial charge in [0.15, 0.2) is 0 Å². The lowest BCUT2D eigenvalue weighted by molar-refractivity contribution is -0.249. The average Bonchev–Trinajstić information content (AvgIpc) is 3.21. The van der Waals surface area contributed by atoms with E-state index in [0.717, 1.165) is 12.8 Å². The number of ketones is 2. The zero-order valence-corrected chi connectivity index (χ0v) is 17.6. The lowest BCUT2D eigenvalue weighted by Crippen LogP contribution is -2.76. The summed E-state index contributed by atoms with van der Waals surface area (Å²) in [6.45, 7) is 4.24. The summed E-state index contributed by atoms with van der Waals surface area (Å²) in [7, 11) is 0. The molecule has 6 rings (SSSR count). The minimum Gasteiger partial charge on any atom is -0.458 e. The predicted molar refractivity (Wildman–Crippen MR) is 103 cm³/mol. The van der Waals surface area contributed by atoms with Gasteiger partial charge in [-0.2, -0.15) is 5.26 Å². The van der Waals surface area contributed by atoms with Crippen molar-refractivity contribution in [2.45, 2.75) is 76.9 Å². The van der Waals surface area contributed by atoms with Crippen LogP contribution in [0, 0.1) is 57.2 Å². The Morgan fingerprint density at radius 2 is 1.87 bits per heavy atom. The second-order valence-corrected chi connectivity index (χ2v) is 11.5. The average molecular weight is 411 g/mol. The van der Waals surface area contributed by atoms with Gasteiger partial charge in [0, 0.05) is 24.2 Å². The van der Waals surface area contributed by atoms with Gasteiger partial charge in [0.1, 0.15) is 17.2 Å². The van der Waals surface area contributed by atoms with E-state index in [4.69, 9.17) is 4.74 Å². The van der Waals surface area contributed by atoms with Gasteiger partial charge in [-0.3, -0.25) is 14.4 Å². The van der Waals surface area contributed by atoms with Crippen LogP contribution >= 0.6 is 0 Å². The quantitative estimate of drug-likeness (QED) is 0.485. The largest absolute Gasteiger partial charge is 0.458 e. The molecule has 30 heavy (non-hydrogen) atoms. The molecule has 0 radical (unpaired) electrons. The number of nitriles is 1. The summed E-state index contributed by atoms with van der Waals surface area (Å²) in [6, 6.07) is 2.48. The van der Waals surface area contributed by atoms with E-state index in [1.54, 1.807) is 0 Å². The highest BCUT2D eigenvalue weighted by atomic mass is 16.6. The van der Waals surface area contributed by atoms with Crippen LogP contribution in [0.3, 0.4) is 0 Å². The van der Waals surface area contributed by atoms with Gasteiger partial charge in [0.05, 0.1) is 23.5 Å². The molecule has 10 atom stereocenters. The zero-order valence-electron chi connectivity index (χ0n) is 17.6. The molecule has 0 unspecified atom stereocenters. The monoisotopic (exact) mass is 411 g/mol. The molecular weight excluding hydrogens is 382 g/mol. The molecule has 160 valence electrons. The SMILES string of the molecule is C[C@]12CCC(=O)[C@@H]3C(=O)[C@H](C[C@@H]4[C@@H]1[C@H](O)C[C@]1(C)[C@H]4CC[C@@]14CCC(=O)O4)[C@]32C#N. The van der Waals surface area contributed by atoms with Crippen molar-refractivity contribution in [3.05, 3.63) is 0 Å². The van der Waals surface area contributed by atoms with E-state index >= 15 is 0 Å². The number of ether oxygens (including phenoxy) is 1. The lowest BCUT2D eigenvalue weighted by Gasteiger charge is -2.71. The van der Waals surface area contributed by atoms with E-state index < -0.39 is 34.4 Å². The summed E-state index contributed by atoms with van der Waals surface area (Å²) in [5.74, 6) is -1.19. The highest BCUT2D eigenvalue weighted by Gasteiger charge is 2.81. The molecule has 6 heteroatoms. The molecule has 5 saturated carbocycles. The predicted octanol–water partition coefficient (Wildman–Crippen LogP) is 2.57. The number of hydrogen-bond acceptors (Lipinski definition) is 6. The molecule has 0 bridgehead atoms. The molecule has 6 aliphatic rings. The first-order valence-electron chi connectivity index (χ1n) is 11.5. The number of hydrogen-bond donors (Lipinski definition) is 1. The highest BCUT2D eigenvalue weighted by molar-refractivity contribution is 6.11. The number of fused-ring (bicyclic) bond motifs is 5. The Bertz CT molecular complexity index is 938. The molecular formula is C24H29NO5. The molecule has 1 N–H and O–H groups in total. The number of nitrogens with zero attached hydrogens (tertiary/aromatic N) is 1. The first-order chi connectivity index (χ1) is 14.2. The summed E-state index contributed by atoms with van der Waals surface area (Å²) >= 11 is 0. The van der Waals surface area contributed by atoms with Gasteiger partial charge < -0.3 is 9.84 Å². The molecule has 6 nitrogen and oxygen atoms in total. The Kier molecular flexibility index (Phi) is 3.39. The number of carbonyl (C=O) groups is 3. The Morgan fingerprint density at radius 1 is 1.10 bits per heavy atom. The Labute approximate surface area is 176 Å². The molecule has 6 fully saturated rings. The van der Waals surface area contributed by atoms with Crippen molar-refractivity contribution in [3.63, 3.8) is 0 Å². The summed E-state index contributed by atoms with van der Waals surface area (Å²) in [6.07, 6.45) is 4.30. The summed E-state index contributed by atoms with van der Waals surface area (Å²) < 4.78 is 5.94. The number of Topliss-reactive ketones (excluding diaryl/α,β-unsaturated/α-hetero) is 2. The van der Waals surface area contributed by atoms with Gasteiger partial charge in [-0.1, -0.05) is 13.8 Å². The van der Waals surface area contributed by atoms with Crippen LogP contribution in [-0.2, 0) is 19.1 Å². The molecule has 1 saturated heterocycles. The molecule has 0 aromatic heterocycles. The Morgan fingerprint density at radius 3 is 2.53 bits per heavy atom. The fraction of sp³-hybridized carbons (Fsp3) is 0.833. The minimum absolute atomic E-state index is 0.0484. The maximum atomic E-state index is 13.0. The number of rotatable bonds is 0. The third kappa shape index (κ3) is 1.70. The van der Waals surface area contributed by atoms with E-state index in [-0.39, 0.29) is 40.7 Å². The van der Waals surface area contributed by atoms with Crippen LogP contribution in [0.15, 0.2) is 0 Å². The van der Waals surface area contributed by atoms with Gasteiger partial charge in [0.25, 0.3) is 0 Å². The first kappa shape index (κ1) is 19.0. The molecule has 5 aliphatic carbocycles. The van der Waals surface area contributed by atoms with Crippen LogP contribution in [0.5, 0.6) is 0 Å². The van der Waals surface area contributed by atoms with Gasteiger partial charge in [-0.25, -0.2) is 0 Å². The topological polar surface area (TPSA) is 104 Å². The number of aliphatic hydroxyl groups excluding tert-OH is 1. The van der Waals surface area contributed by atoms with Crippen molar-refractivity contribution >= 4 is 17.5 Å². The minimum atomic E-state index is -0.953. The van der Waals surface area contributed by atoms with Gasteiger partial charge in [-0.05, 0) is 61.7 Å².